The van der Waals surface area contributed by atoms with Crippen molar-refractivity contribution in [3.8, 4) is 0 Å². The predicted octanol–water partition coefficient (Wildman–Crippen LogP) is 5.18. The zero-order valence-electron chi connectivity index (χ0n) is 20.2. The van der Waals surface area contributed by atoms with Gasteiger partial charge in [0, 0.05) is 24.1 Å². The van der Waals surface area contributed by atoms with Gasteiger partial charge in [0.05, 0.1) is 23.7 Å². The van der Waals surface area contributed by atoms with Crippen LogP contribution < -0.4 is 5.56 Å². The van der Waals surface area contributed by atoms with E-state index in [-0.39, 0.29) is 18.4 Å². The minimum absolute atomic E-state index is 0.197. The monoisotopic (exact) mass is 483 g/mol. The first-order valence-corrected chi connectivity index (χ1v) is 11.5. The van der Waals surface area contributed by atoms with Gasteiger partial charge < -0.3 is 10.1 Å². The topological polar surface area (TPSA) is 103 Å². The fourth-order valence-electron chi connectivity index (χ4n) is 4.22. The van der Waals surface area contributed by atoms with Crippen molar-refractivity contribution in [2.24, 2.45) is 5.10 Å². The van der Waals surface area contributed by atoms with Crippen molar-refractivity contribution < 1.29 is 14.7 Å². The molecule has 0 saturated carbocycles. The minimum atomic E-state index is -1.06. The molecule has 2 N–H and O–H groups in total. The number of nitrogens with zero attached hydrogens (tertiary/aromatic N) is 2. The number of aromatic nitrogens is 1. The van der Waals surface area contributed by atoms with Crippen LogP contribution in [0.3, 0.4) is 0 Å². The maximum absolute atomic E-state index is 13.5. The number of carboxylic acids is 1. The Labute approximate surface area is 210 Å². The number of benzene rings is 1. The second kappa shape index (κ2) is 11.8. The molecule has 0 saturated heterocycles. The van der Waals surface area contributed by atoms with E-state index >= 15 is 0 Å². The van der Waals surface area contributed by atoms with Crippen LogP contribution in [0.25, 0.3) is 11.6 Å². The van der Waals surface area contributed by atoms with E-state index < -0.39 is 17.9 Å². The molecule has 1 aliphatic rings. The third kappa shape index (κ3) is 5.58. The smallest absolute Gasteiger partial charge is 0.303 e. The van der Waals surface area contributed by atoms with Crippen molar-refractivity contribution in [3.63, 3.8) is 0 Å². The molecule has 1 aliphatic heterocycles. The molecule has 1 amide bonds. The van der Waals surface area contributed by atoms with Crippen molar-refractivity contribution in [1.82, 2.24) is 9.99 Å². The number of nitrogens with one attached hydrogen (secondary N) is 1. The van der Waals surface area contributed by atoms with E-state index in [0.717, 1.165) is 11.1 Å². The van der Waals surface area contributed by atoms with Gasteiger partial charge in [-0.2, -0.15) is 5.10 Å². The zero-order chi connectivity index (χ0) is 26.2. The lowest BCUT2D eigenvalue weighted by atomic mass is 9.89. The van der Waals surface area contributed by atoms with Crippen molar-refractivity contribution in [2.45, 2.75) is 32.2 Å². The summed E-state index contributed by atoms with van der Waals surface area (Å²) in [6, 6.07) is 8.89. The summed E-state index contributed by atoms with van der Waals surface area (Å²) in [6.07, 6.45) is 9.92. The number of hydrazone groups is 1. The average Bonchev–Trinajstić information content (AvgIpc) is 3.31. The van der Waals surface area contributed by atoms with Gasteiger partial charge in [-0.05, 0) is 29.7 Å². The molecule has 2 heterocycles. The summed E-state index contributed by atoms with van der Waals surface area (Å²) in [5.41, 5.74) is 3.99. The summed E-state index contributed by atoms with van der Waals surface area (Å²) in [5, 5.41) is 15.0. The number of carbonyl (C=O) groups is 2. The second-order valence-corrected chi connectivity index (χ2v) is 8.21. The maximum Gasteiger partial charge on any atom is 0.303 e. The Kier molecular flexibility index (Phi) is 8.52. The molecule has 1 aromatic carbocycles. The quantitative estimate of drug-likeness (QED) is 0.455. The Morgan fingerprint density at radius 2 is 1.89 bits per heavy atom. The molecule has 0 fully saturated rings. The molecular weight excluding hydrogens is 454 g/mol. The van der Waals surface area contributed by atoms with Gasteiger partial charge in [0.15, 0.2) is 0 Å². The first-order chi connectivity index (χ1) is 17.3. The Hall–Kier alpha value is -4.52. The fraction of sp³-hybridized carbons (Fsp3) is 0.172. The third-order valence-corrected chi connectivity index (χ3v) is 5.90. The summed E-state index contributed by atoms with van der Waals surface area (Å²) >= 11 is 0. The highest BCUT2D eigenvalue weighted by atomic mass is 16.4. The number of hydrogen-bond donors (Lipinski definition) is 2. The van der Waals surface area contributed by atoms with Gasteiger partial charge in [0.2, 0.25) is 5.91 Å². The van der Waals surface area contributed by atoms with Crippen LogP contribution in [0.1, 0.15) is 53.3 Å². The summed E-state index contributed by atoms with van der Waals surface area (Å²) in [5.74, 6) is -1.49. The molecule has 7 nitrogen and oxygen atoms in total. The number of amides is 1. The van der Waals surface area contributed by atoms with E-state index in [2.05, 4.69) is 29.8 Å². The van der Waals surface area contributed by atoms with E-state index in [0.29, 0.717) is 34.5 Å². The van der Waals surface area contributed by atoms with Gasteiger partial charge in [0.1, 0.15) is 0 Å². The SMILES string of the molecule is C=C/C=C\c1[nH]c(=O)c(C2=NN(C(=O)CCC(=O)O)C(c3ccccc3)C2)c(/C(C=C)=C/C=C)c1C. The normalized spacial score (nSPS) is 15.6. The van der Waals surface area contributed by atoms with Crippen LogP contribution in [0.4, 0.5) is 0 Å². The van der Waals surface area contributed by atoms with Crippen molar-refractivity contribution in [1.29, 1.82) is 0 Å². The molecule has 1 atom stereocenters. The number of pyridine rings is 1. The molecule has 7 heteroatoms. The Balaban J connectivity index is 2.23. The lowest BCUT2D eigenvalue weighted by Gasteiger charge is -2.21. The summed E-state index contributed by atoms with van der Waals surface area (Å²) in [7, 11) is 0. The van der Waals surface area contributed by atoms with Crippen LogP contribution in [0.15, 0.2) is 90.3 Å². The van der Waals surface area contributed by atoms with E-state index in [1.54, 1.807) is 36.5 Å². The van der Waals surface area contributed by atoms with Crippen LogP contribution in [0, 0.1) is 6.92 Å². The summed E-state index contributed by atoms with van der Waals surface area (Å²) < 4.78 is 0. The van der Waals surface area contributed by atoms with Gasteiger partial charge in [-0.3, -0.25) is 14.4 Å². The number of hydrogen-bond acceptors (Lipinski definition) is 4. The third-order valence-electron chi connectivity index (χ3n) is 5.90. The number of allylic oxidation sites excluding steroid dienone is 6. The molecule has 1 unspecified atom stereocenters. The van der Waals surface area contributed by atoms with Gasteiger partial charge in [-0.15, -0.1) is 0 Å². The lowest BCUT2D eigenvalue weighted by Crippen LogP contribution is -2.27. The molecule has 0 spiro atoms. The minimum Gasteiger partial charge on any atom is -0.481 e. The average molecular weight is 484 g/mol. The summed E-state index contributed by atoms with van der Waals surface area (Å²) in [6.45, 7) is 13.3. The van der Waals surface area contributed by atoms with Crippen molar-refractivity contribution in [2.75, 3.05) is 0 Å². The van der Waals surface area contributed by atoms with Crippen LogP contribution in [-0.4, -0.2) is 32.7 Å². The highest BCUT2D eigenvalue weighted by Gasteiger charge is 2.35. The highest BCUT2D eigenvalue weighted by molar-refractivity contribution is 6.07. The van der Waals surface area contributed by atoms with E-state index in [1.165, 1.54) is 5.01 Å². The Morgan fingerprint density at radius 1 is 1.17 bits per heavy atom. The number of rotatable bonds is 10. The van der Waals surface area contributed by atoms with Gasteiger partial charge in [0.25, 0.3) is 5.56 Å². The van der Waals surface area contributed by atoms with E-state index in [1.807, 2.05) is 37.3 Å². The molecule has 2 aromatic rings. The van der Waals surface area contributed by atoms with Crippen molar-refractivity contribution in [3.05, 3.63) is 119 Å². The van der Waals surface area contributed by atoms with Crippen molar-refractivity contribution >= 4 is 29.2 Å². The molecule has 0 aliphatic carbocycles. The molecule has 3 rings (SSSR count). The molecular formula is C29H29N3O4. The molecule has 1 aromatic heterocycles. The number of H-pyrrole nitrogens is 1. The van der Waals surface area contributed by atoms with E-state index in [4.69, 9.17) is 5.11 Å². The van der Waals surface area contributed by atoms with Crippen LogP contribution in [0.2, 0.25) is 0 Å². The van der Waals surface area contributed by atoms with Gasteiger partial charge in [-0.1, -0.05) is 80.4 Å². The number of aliphatic carboxylic acids is 1. The second-order valence-electron chi connectivity index (χ2n) is 8.21. The number of aromatic amines is 1. The summed E-state index contributed by atoms with van der Waals surface area (Å²) in [4.78, 5) is 40.5. The van der Waals surface area contributed by atoms with Crippen LogP contribution in [-0.2, 0) is 9.59 Å². The number of carbonyl (C=O) groups excluding carboxylic acids is 1. The lowest BCUT2D eigenvalue weighted by molar-refractivity contribution is -0.141. The molecule has 184 valence electrons. The van der Waals surface area contributed by atoms with E-state index in [9.17, 15) is 14.4 Å². The first-order valence-electron chi connectivity index (χ1n) is 11.5. The first kappa shape index (κ1) is 26.1. The zero-order valence-corrected chi connectivity index (χ0v) is 20.2. The number of carboxylic acid groups (broad SMARTS) is 1. The molecule has 36 heavy (non-hydrogen) atoms. The predicted molar refractivity (Wildman–Crippen MR) is 143 cm³/mol. The molecule has 0 bridgehead atoms. The maximum atomic E-state index is 13.5. The highest BCUT2D eigenvalue weighted by Crippen LogP contribution is 2.35. The Morgan fingerprint density at radius 3 is 2.50 bits per heavy atom. The standard InChI is InChI=1S/C29H29N3O4/c1-5-8-15-22-19(4)27(20(7-3)12-6-2)28(29(36)30-22)23-18-24(21-13-10-9-11-14-21)32(31-23)25(33)16-17-26(34)35/h5-15,24H,1-3,16-18H2,4H3,(H,30,36)(H,34,35)/b15-8-,20-12+. The largest absolute Gasteiger partial charge is 0.481 e. The van der Waals surface area contributed by atoms with Crippen LogP contribution in [0.5, 0.6) is 0 Å². The molecule has 0 radical (unpaired) electrons. The Bertz CT molecular complexity index is 1350. The van der Waals surface area contributed by atoms with Gasteiger partial charge in [-0.25, -0.2) is 5.01 Å². The fourth-order valence-corrected chi connectivity index (χ4v) is 4.22. The van der Waals surface area contributed by atoms with Gasteiger partial charge >= 0.3 is 5.97 Å². The van der Waals surface area contributed by atoms with Crippen LogP contribution >= 0.6 is 0 Å².